The standard InChI is InChI=1S/C13H14F4N4O2/c1-11(8-6(14)3-4-7(20-8)9(18)22)5-23-12(2,10(19)21-11)13(15,16)17/h3-4H,5H2,1-2H3,(H2,18,22)(H2,19,21)/t11-,12+/m0/s1. The molecule has 2 atom stereocenters. The quantitative estimate of drug-likeness (QED) is 0.794. The number of hydrogen-bond acceptors (Lipinski definition) is 5. The molecule has 0 radical (unpaired) electrons. The zero-order chi connectivity index (χ0) is 17.6. The maximum absolute atomic E-state index is 14.0. The topological polar surface area (TPSA) is 104 Å². The van der Waals surface area contributed by atoms with E-state index in [1.54, 1.807) is 0 Å². The summed E-state index contributed by atoms with van der Waals surface area (Å²) in [6, 6.07) is 1.98. The molecule has 126 valence electrons. The number of alkyl halides is 3. The third-order valence-electron chi connectivity index (χ3n) is 3.65. The number of nitrogens with two attached hydrogens (primary N) is 2. The van der Waals surface area contributed by atoms with Gasteiger partial charge in [-0.2, -0.15) is 13.2 Å². The average Bonchev–Trinajstić information content (AvgIpc) is 2.42. The lowest BCUT2D eigenvalue weighted by molar-refractivity contribution is -0.249. The predicted molar refractivity (Wildman–Crippen MR) is 72.1 cm³/mol. The molecule has 1 amide bonds. The molecule has 1 aromatic heterocycles. The van der Waals surface area contributed by atoms with E-state index >= 15 is 0 Å². The molecule has 0 aliphatic carbocycles. The molecule has 0 fully saturated rings. The summed E-state index contributed by atoms with van der Waals surface area (Å²) in [5, 5.41) is 0. The normalized spacial score (nSPS) is 28.3. The van der Waals surface area contributed by atoms with Gasteiger partial charge in [0.25, 0.3) is 5.91 Å². The van der Waals surface area contributed by atoms with Gasteiger partial charge in [0, 0.05) is 0 Å². The fraction of sp³-hybridized carbons (Fsp3) is 0.462. The summed E-state index contributed by atoms with van der Waals surface area (Å²) in [7, 11) is 0. The lowest BCUT2D eigenvalue weighted by atomic mass is 9.93. The number of pyridine rings is 1. The molecule has 23 heavy (non-hydrogen) atoms. The van der Waals surface area contributed by atoms with Gasteiger partial charge in [-0.05, 0) is 26.0 Å². The van der Waals surface area contributed by atoms with Gasteiger partial charge in [-0.1, -0.05) is 0 Å². The van der Waals surface area contributed by atoms with Crippen molar-refractivity contribution in [1.29, 1.82) is 0 Å². The predicted octanol–water partition coefficient (Wildman–Crippen LogP) is 1.24. The minimum absolute atomic E-state index is 0.249. The van der Waals surface area contributed by atoms with E-state index in [1.807, 2.05) is 0 Å². The summed E-state index contributed by atoms with van der Waals surface area (Å²) in [5.41, 5.74) is 5.47. The smallest absolute Gasteiger partial charge is 0.385 e. The van der Waals surface area contributed by atoms with Crippen LogP contribution in [0.1, 0.15) is 30.0 Å². The van der Waals surface area contributed by atoms with Crippen molar-refractivity contribution in [3.05, 3.63) is 29.3 Å². The van der Waals surface area contributed by atoms with Crippen LogP contribution in [0.2, 0.25) is 0 Å². The molecular weight excluding hydrogens is 320 g/mol. The average molecular weight is 334 g/mol. The number of halogens is 4. The number of nitrogens with zero attached hydrogens (tertiary/aromatic N) is 2. The number of aromatic nitrogens is 1. The molecule has 1 aliphatic rings. The van der Waals surface area contributed by atoms with Gasteiger partial charge in [0.1, 0.15) is 28.6 Å². The fourth-order valence-corrected chi connectivity index (χ4v) is 2.07. The SMILES string of the molecule is C[C@@]1(c2nc(C(N)=O)ccc2F)CO[C@@](C)(C(F)(F)F)C(N)=N1. The molecule has 1 aliphatic heterocycles. The van der Waals surface area contributed by atoms with Gasteiger partial charge in [0.15, 0.2) is 0 Å². The number of aliphatic imine (C=N–C) groups is 1. The third-order valence-corrected chi connectivity index (χ3v) is 3.65. The molecular formula is C13H14F4N4O2. The van der Waals surface area contributed by atoms with E-state index < -0.39 is 41.5 Å². The maximum atomic E-state index is 14.0. The number of ether oxygens (including phenoxy) is 1. The molecule has 0 bridgehead atoms. The van der Waals surface area contributed by atoms with Crippen LogP contribution in [-0.2, 0) is 10.3 Å². The number of carbonyl (C=O) groups excluding carboxylic acids is 1. The maximum Gasteiger partial charge on any atom is 0.424 e. The van der Waals surface area contributed by atoms with E-state index in [0.717, 1.165) is 19.1 Å². The molecule has 0 aromatic carbocycles. The van der Waals surface area contributed by atoms with E-state index in [4.69, 9.17) is 16.2 Å². The van der Waals surface area contributed by atoms with Crippen LogP contribution in [0, 0.1) is 5.82 Å². The summed E-state index contributed by atoms with van der Waals surface area (Å²) >= 11 is 0. The van der Waals surface area contributed by atoms with Crippen LogP contribution in [0.15, 0.2) is 17.1 Å². The summed E-state index contributed by atoms with van der Waals surface area (Å²) in [4.78, 5) is 18.6. The van der Waals surface area contributed by atoms with Crippen molar-refractivity contribution in [2.75, 3.05) is 6.61 Å². The Morgan fingerprint density at radius 2 is 1.96 bits per heavy atom. The second-order valence-corrected chi connectivity index (χ2v) is 5.48. The van der Waals surface area contributed by atoms with E-state index in [-0.39, 0.29) is 11.4 Å². The second kappa shape index (κ2) is 5.15. The van der Waals surface area contributed by atoms with Crippen molar-refractivity contribution in [2.24, 2.45) is 16.5 Å². The first kappa shape index (κ1) is 17.1. The van der Waals surface area contributed by atoms with E-state index in [2.05, 4.69) is 9.98 Å². The Kier molecular flexibility index (Phi) is 3.84. The van der Waals surface area contributed by atoms with Gasteiger partial charge in [-0.15, -0.1) is 0 Å². The first-order valence-corrected chi connectivity index (χ1v) is 6.44. The minimum atomic E-state index is -4.79. The van der Waals surface area contributed by atoms with Gasteiger partial charge < -0.3 is 16.2 Å². The van der Waals surface area contributed by atoms with Gasteiger partial charge >= 0.3 is 6.18 Å². The van der Waals surface area contributed by atoms with E-state index in [0.29, 0.717) is 0 Å². The zero-order valence-corrected chi connectivity index (χ0v) is 12.2. The molecule has 1 aromatic rings. The summed E-state index contributed by atoms with van der Waals surface area (Å²) < 4.78 is 58.0. The Labute approximate surface area is 128 Å². The Morgan fingerprint density at radius 1 is 1.35 bits per heavy atom. The molecule has 10 heteroatoms. The van der Waals surface area contributed by atoms with Crippen molar-refractivity contribution in [2.45, 2.75) is 31.2 Å². The lowest BCUT2D eigenvalue weighted by Crippen LogP contribution is -2.60. The Balaban J connectivity index is 2.54. The first-order chi connectivity index (χ1) is 10.4. The molecule has 0 saturated carbocycles. The number of hydrogen-bond donors (Lipinski definition) is 2. The highest BCUT2D eigenvalue weighted by molar-refractivity contribution is 5.91. The molecule has 0 unspecified atom stereocenters. The Bertz CT molecular complexity index is 691. The van der Waals surface area contributed by atoms with Crippen LogP contribution < -0.4 is 11.5 Å². The van der Waals surface area contributed by atoms with E-state index in [9.17, 15) is 22.4 Å². The van der Waals surface area contributed by atoms with Crippen LogP contribution in [-0.4, -0.2) is 35.1 Å². The van der Waals surface area contributed by atoms with Crippen molar-refractivity contribution in [3.8, 4) is 0 Å². The van der Waals surface area contributed by atoms with Gasteiger partial charge in [0.2, 0.25) is 5.60 Å². The van der Waals surface area contributed by atoms with Crippen LogP contribution in [0.5, 0.6) is 0 Å². The van der Waals surface area contributed by atoms with Crippen molar-refractivity contribution in [3.63, 3.8) is 0 Å². The molecule has 4 N–H and O–H groups in total. The van der Waals surface area contributed by atoms with Gasteiger partial charge in [-0.3, -0.25) is 9.79 Å². The fourth-order valence-electron chi connectivity index (χ4n) is 2.07. The molecule has 6 nitrogen and oxygen atoms in total. The number of amidine groups is 1. The zero-order valence-electron chi connectivity index (χ0n) is 12.2. The summed E-state index contributed by atoms with van der Waals surface area (Å²) in [5.74, 6) is -2.64. The molecule has 2 heterocycles. The molecule has 0 saturated heterocycles. The highest BCUT2D eigenvalue weighted by Gasteiger charge is 2.59. The van der Waals surface area contributed by atoms with Crippen LogP contribution >= 0.6 is 0 Å². The Hall–Kier alpha value is -2.23. The summed E-state index contributed by atoms with van der Waals surface area (Å²) in [6.07, 6.45) is -4.79. The minimum Gasteiger partial charge on any atom is -0.385 e. The van der Waals surface area contributed by atoms with Gasteiger partial charge in [-0.25, -0.2) is 9.37 Å². The van der Waals surface area contributed by atoms with Crippen molar-refractivity contribution < 1.29 is 27.1 Å². The number of carbonyl (C=O) groups is 1. The largest absolute Gasteiger partial charge is 0.424 e. The van der Waals surface area contributed by atoms with Gasteiger partial charge in [0.05, 0.1) is 6.61 Å². The Morgan fingerprint density at radius 3 is 2.43 bits per heavy atom. The van der Waals surface area contributed by atoms with E-state index in [1.165, 1.54) is 6.92 Å². The van der Waals surface area contributed by atoms with Crippen molar-refractivity contribution >= 4 is 11.7 Å². The summed E-state index contributed by atoms with van der Waals surface area (Å²) in [6.45, 7) is 1.40. The van der Waals surface area contributed by atoms with Crippen LogP contribution in [0.3, 0.4) is 0 Å². The number of rotatable bonds is 2. The van der Waals surface area contributed by atoms with Crippen LogP contribution in [0.4, 0.5) is 17.6 Å². The first-order valence-electron chi connectivity index (χ1n) is 6.44. The number of amides is 1. The van der Waals surface area contributed by atoms with Crippen molar-refractivity contribution in [1.82, 2.24) is 4.98 Å². The highest BCUT2D eigenvalue weighted by Crippen LogP contribution is 2.40. The second-order valence-electron chi connectivity index (χ2n) is 5.48. The number of primary amides is 1. The highest BCUT2D eigenvalue weighted by atomic mass is 19.4. The third kappa shape index (κ3) is 2.74. The lowest BCUT2D eigenvalue weighted by Gasteiger charge is -2.40. The molecule has 0 spiro atoms. The van der Waals surface area contributed by atoms with Crippen LogP contribution in [0.25, 0.3) is 0 Å². The molecule has 2 rings (SSSR count). The monoisotopic (exact) mass is 334 g/mol.